The molecular formula is C16H17FN2O2. The third-order valence-corrected chi connectivity index (χ3v) is 2.88. The highest BCUT2D eigenvalue weighted by molar-refractivity contribution is 5.77. The molecule has 21 heavy (non-hydrogen) atoms. The molecule has 0 aliphatic heterocycles. The first kappa shape index (κ1) is 15.0. The number of carbonyl (C=O) groups excluding carboxylic acids is 1. The molecule has 0 saturated heterocycles. The maximum atomic E-state index is 13.3. The molecule has 0 saturated carbocycles. The normalized spacial score (nSPS) is 10.1. The van der Waals surface area contributed by atoms with Gasteiger partial charge in [-0.2, -0.15) is 0 Å². The van der Waals surface area contributed by atoms with Gasteiger partial charge in [-0.3, -0.25) is 9.78 Å². The van der Waals surface area contributed by atoms with Crippen molar-refractivity contribution < 1.29 is 13.9 Å². The fraction of sp³-hybridized carbons (Fsp3) is 0.250. The molecule has 0 fully saturated rings. The van der Waals surface area contributed by atoms with Crippen LogP contribution in [0.1, 0.15) is 12.0 Å². The zero-order valence-corrected chi connectivity index (χ0v) is 11.6. The number of aryl methyl sites for hydroxylation is 1. The van der Waals surface area contributed by atoms with Gasteiger partial charge in [0.1, 0.15) is 0 Å². The fourth-order valence-electron chi connectivity index (χ4n) is 1.82. The van der Waals surface area contributed by atoms with E-state index in [2.05, 4.69) is 10.3 Å². The highest BCUT2D eigenvalue weighted by atomic mass is 19.1. The average molecular weight is 288 g/mol. The van der Waals surface area contributed by atoms with Gasteiger partial charge in [0.2, 0.25) is 0 Å². The number of nitrogens with one attached hydrogen (secondary N) is 1. The largest absolute Gasteiger partial charge is 0.481 e. The van der Waals surface area contributed by atoms with Gasteiger partial charge in [0.25, 0.3) is 5.91 Å². The lowest BCUT2D eigenvalue weighted by Gasteiger charge is -2.08. The van der Waals surface area contributed by atoms with Crippen molar-refractivity contribution in [3.05, 3.63) is 60.2 Å². The lowest BCUT2D eigenvalue weighted by atomic mass is 10.1. The number of aromatic nitrogens is 1. The Bertz CT molecular complexity index is 575. The second kappa shape index (κ2) is 7.99. The molecule has 2 aromatic rings. The minimum atomic E-state index is -0.470. The number of carbonyl (C=O) groups is 1. The predicted molar refractivity (Wildman–Crippen MR) is 77.5 cm³/mol. The summed E-state index contributed by atoms with van der Waals surface area (Å²) in [6.07, 6.45) is 5.20. The van der Waals surface area contributed by atoms with Crippen molar-refractivity contribution in [1.82, 2.24) is 10.3 Å². The van der Waals surface area contributed by atoms with Crippen molar-refractivity contribution in [2.45, 2.75) is 12.8 Å². The number of para-hydroxylation sites is 1. The first-order valence-corrected chi connectivity index (χ1v) is 6.78. The number of ether oxygens (including phenoxy) is 1. The van der Waals surface area contributed by atoms with E-state index in [1.807, 2.05) is 18.3 Å². The van der Waals surface area contributed by atoms with Crippen LogP contribution in [0.2, 0.25) is 0 Å². The van der Waals surface area contributed by atoms with E-state index in [4.69, 9.17) is 4.74 Å². The number of hydrogen-bond acceptors (Lipinski definition) is 3. The van der Waals surface area contributed by atoms with Crippen LogP contribution in [0.4, 0.5) is 4.39 Å². The molecule has 4 nitrogen and oxygen atoms in total. The highest BCUT2D eigenvalue weighted by Crippen LogP contribution is 2.14. The average Bonchev–Trinajstić information content (AvgIpc) is 2.52. The maximum absolute atomic E-state index is 13.3. The van der Waals surface area contributed by atoms with Crippen molar-refractivity contribution >= 4 is 5.91 Å². The SMILES string of the molecule is O=C(COc1ccccc1F)NCCCc1cccnc1. The van der Waals surface area contributed by atoms with Crippen molar-refractivity contribution in [3.8, 4) is 5.75 Å². The Balaban J connectivity index is 1.63. The molecule has 0 aliphatic rings. The first-order chi connectivity index (χ1) is 10.3. The van der Waals surface area contributed by atoms with E-state index < -0.39 is 5.82 Å². The fourth-order valence-corrected chi connectivity index (χ4v) is 1.82. The third-order valence-electron chi connectivity index (χ3n) is 2.88. The van der Waals surface area contributed by atoms with Gasteiger partial charge < -0.3 is 10.1 Å². The summed E-state index contributed by atoms with van der Waals surface area (Å²) >= 11 is 0. The Labute approximate surface area is 123 Å². The quantitative estimate of drug-likeness (QED) is 0.796. The van der Waals surface area contributed by atoms with Gasteiger partial charge in [0.05, 0.1) is 0 Å². The van der Waals surface area contributed by atoms with Gasteiger partial charge in [-0.05, 0) is 36.6 Å². The second-order valence-electron chi connectivity index (χ2n) is 4.53. The Hall–Kier alpha value is -2.43. The summed E-state index contributed by atoms with van der Waals surface area (Å²) in [5, 5.41) is 2.74. The zero-order valence-electron chi connectivity index (χ0n) is 11.6. The van der Waals surface area contributed by atoms with E-state index in [-0.39, 0.29) is 18.3 Å². The van der Waals surface area contributed by atoms with E-state index in [0.717, 1.165) is 18.4 Å². The van der Waals surface area contributed by atoms with Crippen LogP contribution in [-0.4, -0.2) is 24.0 Å². The number of amides is 1. The minimum absolute atomic E-state index is 0.0861. The molecular weight excluding hydrogens is 271 g/mol. The highest BCUT2D eigenvalue weighted by Gasteiger charge is 2.05. The molecule has 0 atom stereocenters. The van der Waals surface area contributed by atoms with Crippen LogP contribution in [0.15, 0.2) is 48.8 Å². The Kier molecular flexibility index (Phi) is 5.70. The molecule has 0 aliphatic carbocycles. The second-order valence-corrected chi connectivity index (χ2v) is 4.53. The molecule has 0 unspecified atom stereocenters. The molecule has 0 radical (unpaired) electrons. The summed E-state index contributed by atoms with van der Waals surface area (Å²) in [7, 11) is 0. The van der Waals surface area contributed by atoms with Crippen LogP contribution in [0, 0.1) is 5.82 Å². The van der Waals surface area contributed by atoms with E-state index in [9.17, 15) is 9.18 Å². The third kappa shape index (κ3) is 5.22. The van der Waals surface area contributed by atoms with Crippen molar-refractivity contribution in [2.24, 2.45) is 0 Å². The van der Waals surface area contributed by atoms with Gasteiger partial charge in [-0.15, -0.1) is 0 Å². The predicted octanol–water partition coefficient (Wildman–Crippen LogP) is 2.35. The van der Waals surface area contributed by atoms with Crippen LogP contribution < -0.4 is 10.1 Å². The summed E-state index contributed by atoms with van der Waals surface area (Å²) in [6.45, 7) is 0.363. The summed E-state index contributed by atoms with van der Waals surface area (Å²) in [5.74, 6) is -0.644. The maximum Gasteiger partial charge on any atom is 0.257 e. The molecule has 1 aromatic carbocycles. The van der Waals surface area contributed by atoms with Crippen molar-refractivity contribution in [2.75, 3.05) is 13.2 Å². The molecule has 0 spiro atoms. The van der Waals surface area contributed by atoms with E-state index in [0.29, 0.717) is 6.54 Å². The molecule has 1 heterocycles. The summed E-state index contributed by atoms with van der Waals surface area (Å²) in [5.41, 5.74) is 1.13. The van der Waals surface area contributed by atoms with Gasteiger partial charge in [-0.25, -0.2) is 4.39 Å². The van der Waals surface area contributed by atoms with Gasteiger partial charge >= 0.3 is 0 Å². The molecule has 1 aromatic heterocycles. The molecule has 1 N–H and O–H groups in total. The Morgan fingerprint density at radius 3 is 2.86 bits per heavy atom. The smallest absolute Gasteiger partial charge is 0.257 e. The van der Waals surface area contributed by atoms with Gasteiger partial charge in [-0.1, -0.05) is 18.2 Å². The minimum Gasteiger partial charge on any atom is -0.481 e. The number of rotatable bonds is 7. The lowest BCUT2D eigenvalue weighted by Crippen LogP contribution is -2.30. The molecule has 110 valence electrons. The summed E-state index contributed by atoms with van der Waals surface area (Å²) < 4.78 is 18.4. The summed E-state index contributed by atoms with van der Waals surface area (Å²) in [6, 6.07) is 9.89. The Morgan fingerprint density at radius 1 is 1.24 bits per heavy atom. The lowest BCUT2D eigenvalue weighted by molar-refractivity contribution is -0.123. The molecule has 2 rings (SSSR count). The van der Waals surface area contributed by atoms with E-state index in [1.165, 1.54) is 12.1 Å². The standard InChI is InChI=1S/C16H17FN2O2/c17-14-7-1-2-8-15(14)21-12-16(20)19-10-4-6-13-5-3-9-18-11-13/h1-3,5,7-9,11H,4,6,10,12H2,(H,19,20). The van der Waals surface area contributed by atoms with Crippen LogP contribution >= 0.6 is 0 Å². The van der Waals surface area contributed by atoms with Crippen LogP contribution in [-0.2, 0) is 11.2 Å². The van der Waals surface area contributed by atoms with Crippen LogP contribution in [0.25, 0.3) is 0 Å². The number of nitrogens with zero attached hydrogens (tertiary/aromatic N) is 1. The molecule has 1 amide bonds. The van der Waals surface area contributed by atoms with E-state index in [1.54, 1.807) is 18.3 Å². The van der Waals surface area contributed by atoms with Crippen LogP contribution in [0.3, 0.4) is 0 Å². The number of pyridine rings is 1. The molecule has 5 heteroatoms. The monoisotopic (exact) mass is 288 g/mol. The molecule has 0 bridgehead atoms. The van der Waals surface area contributed by atoms with E-state index >= 15 is 0 Å². The van der Waals surface area contributed by atoms with Crippen molar-refractivity contribution in [1.29, 1.82) is 0 Å². The number of hydrogen-bond donors (Lipinski definition) is 1. The topological polar surface area (TPSA) is 51.2 Å². The van der Waals surface area contributed by atoms with Crippen molar-refractivity contribution in [3.63, 3.8) is 0 Å². The summed E-state index contributed by atoms with van der Waals surface area (Å²) in [4.78, 5) is 15.6. The number of benzene rings is 1. The van der Waals surface area contributed by atoms with Gasteiger partial charge in [0, 0.05) is 18.9 Å². The first-order valence-electron chi connectivity index (χ1n) is 6.78. The zero-order chi connectivity index (χ0) is 14.9. The van der Waals surface area contributed by atoms with Crippen LogP contribution in [0.5, 0.6) is 5.75 Å². The Morgan fingerprint density at radius 2 is 2.10 bits per heavy atom. The van der Waals surface area contributed by atoms with Gasteiger partial charge in [0.15, 0.2) is 18.2 Å². The number of halogens is 1.